The van der Waals surface area contributed by atoms with Gasteiger partial charge in [-0.1, -0.05) is 6.92 Å². The quantitative estimate of drug-likeness (QED) is 0.653. The zero-order chi connectivity index (χ0) is 11.8. The van der Waals surface area contributed by atoms with Crippen molar-refractivity contribution in [3.63, 3.8) is 0 Å². The number of hydrogen-bond donors (Lipinski definition) is 3. The first kappa shape index (κ1) is 13.1. The lowest BCUT2D eigenvalue weighted by Crippen LogP contribution is -2.23. The monoisotopic (exact) mass is 218 g/mol. The molecule has 0 unspecified atom stereocenters. The van der Waals surface area contributed by atoms with Crippen molar-refractivity contribution in [2.45, 2.75) is 19.8 Å². The topological polar surface area (TPSA) is 103 Å². The van der Waals surface area contributed by atoms with Gasteiger partial charge in [-0.05, 0) is 6.42 Å². The van der Waals surface area contributed by atoms with Crippen molar-refractivity contribution in [3.05, 3.63) is 32.9 Å². The maximum Gasteiger partial charge on any atom is 0.325 e. The summed E-state index contributed by atoms with van der Waals surface area (Å²) < 4.78 is 12.0. The Morgan fingerprint density at radius 2 is 2.13 bits per heavy atom. The summed E-state index contributed by atoms with van der Waals surface area (Å²) in [6.45, 7) is 1.84. The van der Waals surface area contributed by atoms with Gasteiger partial charge >= 0.3 is 11.7 Å². The van der Waals surface area contributed by atoms with Crippen LogP contribution < -0.4 is 11.2 Å². The highest BCUT2D eigenvalue weighted by molar-refractivity contribution is 5.66. The highest BCUT2D eigenvalue weighted by Gasteiger charge is 1.93. The summed E-state index contributed by atoms with van der Waals surface area (Å²) in [7, 11) is 0. The van der Waals surface area contributed by atoms with Gasteiger partial charge in [-0.3, -0.25) is 14.6 Å². The van der Waals surface area contributed by atoms with E-state index in [9.17, 15) is 18.8 Å². The molecule has 0 radical (unpaired) electrons. The first-order valence-electron chi connectivity index (χ1n) is 4.16. The molecule has 0 saturated carbocycles. The predicted molar refractivity (Wildman–Crippen MR) is 50.2 cm³/mol. The first-order valence-corrected chi connectivity index (χ1v) is 4.16. The smallest absolute Gasteiger partial charge is 0.325 e. The summed E-state index contributed by atoms with van der Waals surface area (Å²) in [5.41, 5.74) is -1.71. The molecular formula is C8H11FN2O4. The van der Waals surface area contributed by atoms with Crippen molar-refractivity contribution < 1.29 is 14.3 Å². The lowest BCUT2D eigenvalue weighted by atomic mass is 10.4. The number of halogens is 1. The van der Waals surface area contributed by atoms with E-state index in [2.05, 4.69) is 0 Å². The molecule has 0 bridgehead atoms. The van der Waals surface area contributed by atoms with E-state index < -0.39 is 23.0 Å². The van der Waals surface area contributed by atoms with E-state index in [1.54, 1.807) is 4.98 Å². The van der Waals surface area contributed by atoms with Crippen LogP contribution in [0.5, 0.6) is 0 Å². The van der Waals surface area contributed by atoms with Gasteiger partial charge in [0.2, 0.25) is 5.82 Å². The number of aromatic amines is 2. The van der Waals surface area contributed by atoms with E-state index in [1.807, 2.05) is 11.9 Å². The van der Waals surface area contributed by atoms with Crippen LogP contribution in [0.4, 0.5) is 4.39 Å². The lowest BCUT2D eigenvalue weighted by Gasteiger charge is -1.81. The van der Waals surface area contributed by atoms with Gasteiger partial charge in [-0.25, -0.2) is 4.79 Å². The Balaban J connectivity index is 0.000000288. The van der Waals surface area contributed by atoms with Crippen molar-refractivity contribution in [3.8, 4) is 0 Å². The van der Waals surface area contributed by atoms with Crippen LogP contribution in [0, 0.1) is 5.82 Å². The fourth-order valence-electron chi connectivity index (χ4n) is 0.607. The highest BCUT2D eigenvalue weighted by atomic mass is 19.1. The maximum atomic E-state index is 12.0. The van der Waals surface area contributed by atoms with Crippen LogP contribution in [-0.4, -0.2) is 21.0 Å². The SMILES string of the molecule is CCCC(=O)O.O=c1[nH]cc(F)c(=O)[nH]1. The van der Waals surface area contributed by atoms with Crippen LogP contribution in [-0.2, 0) is 4.79 Å². The van der Waals surface area contributed by atoms with Gasteiger partial charge in [0, 0.05) is 12.6 Å². The van der Waals surface area contributed by atoms with E-state index in [0.29, 0.717) is 12.6 Å². The van der Waals surface area contributed by atoms with E-state index in [0.717, 1.165) is 6.42 Å². The van der Waals surface area contributed by atoms with Crippen LogP contribution in [0.3, 0.4) is 0 Å². The Morgan fingerprint density at radius 1 is 1.53 bits per heavy atom. The minimum atomic E-state index is -1.00. The number of nitrogens with one attached hydrogen (secondary N) is 2. The summed E-state index contributed by atoms with van der Waals surface area (Å²) in [6, 6.07) is 0. The predicted octanol–water partition coefficient (Wildman–Crippen LogP) is 0.0734. The molecule has 0 saturated heterocycles. The maximum absolute atomic E-state index is 12.0. The molecule has 0 aliphatic heterocycles. The van der Waals surface area contributed by atoms with E-state index in [1.165, 1.54) is 0 Å². The molecule has 84 valence electrons. The van der Waals surface area contributed by atoms with Gasteiger partial charge in [-0.2, -0.15) is 4.39 Å². The third kappa shape index (κ3) is 6.19. The Labute approximate surface area is 83.8 Å². The number of aromatic nitrogens is 2. The average molecular weight is 218 g/mol. The molecule has 0 spiro atoms. The summed E-state index contributed by atoms with van der Waals surface area (Å²) >= 11 is 0. The fourth-order valence-corrected chi connectivity index (χ4v) is 0.607. The van der Waals surface area contributed by atoms with E-state index in [4.69, 9.17) is 5.11 Å². The van der Waals surface area contributed by atoms with Crippen LogP contribution in [0.2, 0.25) is 0 Å². The van der Waals surface area contributed by atoms with E-state index >= 15 is 0 Å². The van der Waals surface area contributed by atoms with Crippen molar-refractivity contribution in [1.82, 2.24) is 9.97 Å². The molecule has 0 fully saturated rings. The number of rotatable bonds is 2. The second kappa shape index (κ2) is 6.52. The minimum absolute atomic E-state index is 0.292. The zero-order valence-electron chi connectivity index (χ0n) is 8.04. The molecule has 15 heavy (non-hydrogen) atoms. The third-order valence-corrected chi connectivity index (χ3v) is 1.24. The number of carboxylic acids is 1. The molecule has 1 heterocycles. The van der Waals surface area contributed by atoms with Gasteiger partial charge in [0.15, 0.2) is 0 Å². The molecule has 3 N–H and O–H groups in total. The van der Waals surface area contributed by atoms with Crippen molar-refractivity contribution in [2.24, 2.45) is 0 Å². The molecule has 0 aromatic carbocycles. The fraction of sp³-hybridized carbons (Fsp3) is 0.375. The summed E-state index contributed by atoms with van der Waals surface area (Å²) in [5, 5.41) is 7.91. The zero-order valence-corrected chi connectivity index (χ0v) is 8.04. The minimum Gasteiger partial charge on any atom is -0.481 e. The summed E-state index contributed by atoms with van der Waals surface area (Å²) in [5.74, 6) is -1.70. The molecule has 7 heteroatoms. The lowest BCUT2D eigenvalue weighted by molar-refractivity contribution is -0.137. The number of H-pyrrole nitrogens is 2. The standard InChI is InChI=1S/C4H3FN2O2.C4H8O2/c5-2-1-6-4(9)7-3(2)8;1-2-3-4(5)6/h1H,(H2,6,7,8,9);2-3H2,1H3,(H,5,6). The third-order valence-electron chi connectivity index (χ3n) is 1.24. The van der Waals surface area contributed by atoms with Crippen LogP contribution in [0.15, 0.2) is 15.8 Å². The Hall–Kier alpha value is -1.92. The highest BCUT2D eigenvalue weighted by Crippen LogP contribution is 1.82. The normalized spacial score (nSPS) is 8.93. The van der Waals surface area contributed by atoms with Crippen molar-refractivity contribution in [2.75, 3.05) is 0 Å². The van der Waals surface area contributed by atoms with Gasteiger partial charge in [0.05, 0.1) is 0 Å². The summed E-state index contributed by atoms with van der Waals surface area (Å²) in [4.78, 5) is 33.6. The van der Waals surface area contributed by atoms with Crippen molar-refractivity contribution in [1.29, 1.82) is 0 Å². The number of carboxylic acid groups (broad SMARTS) is 1. The number of carbonyl (C=O) groups is 1. The number of aliphatic carboxylic acids is 1. The largest absolute Gasteiger partial charge is 0.481 e. The number of hydrogen-bond acceptors (Lipinski definition) is 3. The first-order chi connectivity index (χ1) is 6.97. The molecule has 1 aromatic rings. The Morgan fingerprint density at radius 3 is 2.40 bits per heavy atom. The Bertz CT molecular complexity index is 423. The van der Waals surface area contributed by atoms with Gasteiger partial charge in [0.1, 0.15) is 0 Å². The molecule has 0 aliphatic rings. The van der Waals surface area contributed by atoms with Crippen molar-refractivity contribution >= 4 is 5.97 Å². The average Bonchev–Trinajstić information content (AvgIpc) is 2.13. The van der Waals surface area contributed by atoms with Gasteiger partial charge in [-0.15, -0.1) is 0 Å². The van der Waals surface area contributed by atoms with Gasteiger partial charge < -0.3 is 10.1 Å². The molecule has 6 nitrogen and oxygen atoms in total. The molecule has 1 aromatic heterocycles. The second-order valence-electron chi connectivity index (χ2n) is 2.56. The molecular weight excluding hydrogens is 207 g/mol. The molecule has 0 amide bonds. The second-order valence-corrected chi connectivity index (χ2v) is 2.56. The van der Waals surface area contributed by atoms with E-state index in [-0.39, 0.29) is 0 Å². The van der Waals surface area contributed by atoms with Crippen LogP contribution in [0.1, 0.15) is 19.8 Å². The molecule has 0 aliphatic carbocycles. The van der Waals surface area contributed by atoms with Gasteiger partial charge in [0.25, 0.3) is 5.56 Å². The molecule has 1 rings (SSSR count). The van der Waals surface area contributed by atoms with Crippen LogP contribution in [0.25, 0.3) is 0 Å². The summed E-state index contributed by atoms with van der Waals surface area (Å²) in [6.07, 6.45) is 1.73. The Kier molecular flexibility index (Phi) is 5.69. The van der Waals surface area contributed by atoms with Crippen LogP contribution >= 0.6 is 0 Å². The molecule has 0 atom stereocenters.